The summed E-state index contributed by atoms with van der Waals surface area (Å²) in [5.41, 5.74) is 3.13. The van der Waals surface area contributed by atoms with Crippen molar-refractivity contribution in [1.29, 1.82) is 0 Å². The maximum absolute atomic E-state index is 12.7. The summed E-state index contributed by atoms with van der Waals surface area (Å²) in [6.45, 7) is 0.337. The van der Waals surface area contributed by atoms with Gasteiger partial charge in [0.05, 0.1) is 11.1 Å². The second kappa shape index (κ2) is 7.70. The average Bonchev–Trinajstić information content (AvgIpc) is 2.73. The van der Waals surface area contributed by atoms with E-state index in [1.165, 1.54) is 0 Å². The number of pyridine rings is 1. The Bertz CT molecular complexity index is 1070. The van der Waals surface area contributed by atoms with Crippen molar-refractivity contribution in [2.45, 2.75) is 6.61 Å². The van der Waals surface area contributed by atoms with E-state index in [1.807, 2.05) is 72.8 Å². The second-order valence-electron chi connectivity index (χ2n) is 6.10. The number of ether oxygens (including phenoxy) is 1. The van der Waals surface area contributed by atoms with Crippen molar-refractivity contribution in [1.82, 2.24) is 4.98 Å². The van der Waals surface area contributed by atoms with E-state index in [-0.39, 0.29) is 5.91 Å². The van der Waals surface area contributed by atoms with Gasteiger partial charge in [-0.2, -0.15) is 0 Å². The third-order valence-electron chi connectivity index (χ3n) is 4.26. The first-order valence-corrected chi connectivity index (χ1v) is 8.72. The highest BCUT2D eigenvalue weighted by Crippen LogP contribution is 2.23. The predicted octanol–water partition coefficient (Wildman–Crippen LogP) is 5.07. The number of amides is 1. The van der Waals surface area contributed by atoms with Gasteiger partial charge in [0, 0.05) is 22.8 Å². The zero-order valence-electron chi connectivity index (χ0n) is 14.6. The van der Waals surface area contributed by atoms with Crippen LogP contribution in [0.5, 0.6) is 5.75 Å². The Labute approximate surface area is 157 Å². The van der Waals surface area contributed by atoms with Gasteiger partial charge >= 0.3 is 0 Å². The standard InChI is InChI=1S/C23H18N2O2/c26-23(25-19-11-2-1-3-12-19)20-13-4-5-14-21(20)27-16-18-9-6-8-17-10-7-15-24-22(17)18/h1-15H,16H2,(H,25,26). The van der Waals surface area contributed by atoms with Crippen LogP contribution in [-0.2, 0) is 6.61 Å². The summed E-state index contributed by atoms with van der Waals surface area (Å²) in [6.07, 6.45) is 1.77. The van der Waals surface area contributed by atoms with Crippen molar-refractivity contribution in [3.8, 4) is 5.75 Å². The van der Waals surface area contributed by atoms with E-state index < -0.39 is 0 Å². The Morgan fingerprint density at radius 1 is 0.852 bits per heavy atom. The number of hydrogen-bond donors (Lipinski definition) is 1. The van der Waals surface area contributed by atoms with Crippen LogP contribution in [0.25, 0.3) is 10.9 Å². The van der Waals surface area contributed by atoms with Crippen LogP contribution in [0.3, 0.4) is 0 Å². The molecule has 0 saturated carbocycles. The molecule has 132 valence electrons. The first kappa shape index (κ1) is 16.8. The molecule has 0 bridgehead atoms. The Morgan fingerprint density at radius 3 is 2.52 bits per heavy atom. The van der Waals surface area contributed by atoms with E-state index in [4.69, 9.17) is 4.74 Å². The molecule has 4 aromatic rings. The van der Waals surface area contributed by atoms with E-state index in [0.29, 0.717) is 17.9 Å². The molecule has 0 fully saturated rings. The molecular weight excluding hydrogens is 336 g/mol. The van der Waals surface area contributed by atoms with Crippen LogP contribution in [-0.4, -0.2) is 10.9 Å². The maximum atomic E-state index is 12.7. The van der Waals surface area contributed by atoms with Gasteiger partial charge in [0.25, 0.3) is 5.91 Å². The number of nitrogens with zero attached hydrogens (tertiary/aromatic N) is 1. The average molecular weight is 354 g/mol. The van der Waals surface area contributed by atoms with E-state index >= 15 is 0 Å². The molecule has 0 aliphatic rings. The number of benzene rings is 3. The van der Waals surface area contributed by atoms with Gasteiger partial charge in [-0.25, -0.2) is 0 Å². The number of rotatable bonds is 5. The Morgan fingerprint density at radius 2 is 1.63 bits per heavy atom. The van der Waals surface area contributed by atoms with Crippen LogP contribution in [0.15, 0.2) is 91.1 Å². The fourth-order valence-electron chi connectivity index (χ4n) is 2.94. The first-order chi connectivity index (χ1) is 13.3. The predicted molar refractivity (Wildman–Crippen MR) is 107 cm³/mol. The van der Waals surface area contributed by atoms with Crippen LogP contribution in [0.2, 0.25) is 0 Å². The van der Waals surface area contributed by atoms with Gasteiger partial charge in [0.1, 0.15) is 12.4 Å². The number of nitrogens with one attached hydrogen (secondary N) is 1. The third-order valence-corrected chi connectivity index (χ3v) is 4.26. The van der Waals surface area contributed by atoms with Gasteiger partial charge in [0.15, 0.2) is 0 Å². The minimum atomic E-state index is -0.201. The molecule has 1 amide bonds. The third kappa shape index (κ3) is 3.80. The summed E-state index contributed by atoms with van der Waals surface area (Å²) in [5.74, 6) is 0.340. The fraction of sp³-hybridized carbons (Fsp3) is 0.0435. The van der Waals surface area contributed by atoms with Gasteiger partial charge in [-0.15, -0.1) is 0 Å². The Hall–Kier alpha value is -3.66. The van der Waals surface area contributed by atoms with Crippen molar-refractivity contribution in [2.75, 3.05) is 5.32 Å². The quantitative estimate of drug-likeness (QED) is 0.545. The molecule has 4 rings (SSSR count). The number of aromatic nitrogens is 1. The van der Waals surface area contributed by atoms with Crippen LogP contribution in [0.1, 0.15) is 15.9 Å². The lowest BCUT2D eigenvalue weighted by atomic mass is 10.1. The summed E-state index contributed by atoms with van der Waals surface area (Å²) >= 11 is 0. The molecule has 0 atom stereocenters. The summed E-state index contributed by atoms with van der Waals surface area (Å²) in [6, 6.07) is 26.5. The summed E-state index contributed by atoms with van der Waals surface area (Å²) < 4.78 is 5.99. The molecule has 1 aromatic heterocycles. The van der Waals surface area contributed by atoms with E-state index in [1.54, 1.807) is 18.3 Å². The molecule has 0 radical (unpaired) electrons. The molecule has 0 aliphatic carbocycles. The van der Waals surface area contributed by atoms with Crippen molar-refractivity contribution in [2.24, 2.45) is 0 Å². The smallest absolute Gasteiger partial charge is 0.259 e. The highest BCUT2D eigenvalue weighted by molar-refractivity contribution is 6.06. The number of fused-ring (bicyclic) bond motifs is 1. The summed E-state index contributed by atoms with van der Waals surface area (Å²) in [7, 11) is 0. The fourth-order valence-corrected chi connectivity index (χ4v) is 2.94. The molecule has 1 heterocycles. The topological polar surface area (TPSA) is 51.2 Å². The lowest BCUT2D eigenvalue weighted by Gasteiger charge is -2.12. The van der Waals surface area contributed by atoms with Gasteiger partial charge in [0.2, 0.25) is 0 Å². The van der Waals surface area contributed by atoms with Gasteiger partial charge in [-0.05, 0) is 30.3 Å². The molecule has 4 nitrogen and oxygen atoms in total. The summed E-state index contributed by atoms with van der Waals surface area (Å²) in [4.78, 5) is 17.1. The van der Waals surface area contributed by atoms with Crippen molar-refractivity contribution in [3.63, 3.8) is 0 Å². The lowest BCUT2D eigenvalue weighted by molar-refractivity contribution is 0.102. The molecule has 0 spiro atoms. The van der Waals surface area contributed by atoms with Crippen molar-refractivity contribution in [3.05, 3.63) is 102 Å². The molecule has 0 aliphatic heterocycles. The monoisotopic (exact) mass is 354 g/mol. The number of anilines is 1. The van der Waals surface area contributed by atoms with E-state index in [9.17, 15) is 4.79 Å². The highest BCUT2D eigenvalue weighted by Gasteiger charge is 2.13. The van der Waals surface area contributed by atoms with Crippen molar-refractivity contribution >= 4 is 22.5 Å². The van der Waals surface area contributed by atoms with Crippen LogP contribution in [0, 0.1) is 0 Å². The highest BCUT2D eigenvalue weighted by atomic mass is 16.5. The SMILES string of the molecule is O=C(Nc1ccccc1)c1ccccc1OCc1cccc2cccnc12. The molecular formula is C23H18N2O2. The minimum Gasteiger partial charge on any atom is -0.488 e. The van der Waals surface area contributed by atoms with Crippen LogP contribution < -0.4 is 10.1 Å². The molecule has 27 heavy (non-hydrogen) atoms. The molecule has 0 unspecified atom stereocenters. The molecule has 0 saturated heterocycles. The Kier molecular flexibility index (Phi) is 4.79. The minimum absolute atomic E-state index is 0.201. The van der Waals surface area contributed by atoms with Crippen LogP contribution in [0.4, 0.5) is 5.69 Å². The molecule has 1 N–H and O–H groups in total. The summed E-state index contributed by atoms with van der Waals surface area (Å²) in [5, 5.41) is 3.96. The zero-order valence-corrected chi connectivity index (χ0v) is 14.6. The first-order valence-electron chi connectivity index (χ1n) is 8.72. The molecule has 3 aromatic carbocycles. The van der Waals surface area contributed by atoms with Gasteiger partial charge < -0.3 is 10.1 Å². The molecule has 4 heteroatoms. The van der Waals surface area contributed by atoms with Gasteiger partial charge in [-0.3, -0.25) is 9.78 Å². The number of carbonyl (C=O) groups excluding carboxylic acids is 1. The second-order valence-corrected chi connectivity index (χ2v) is 6.10. The number of hydrogen-bond acceptors (Lipinski definition) is 3. The van der Waals surface area contributed by atoms with Crippen LogP contribution >= 0.6 is 0 Å². The van der Waals surface area contributed by atoms with Crippen molar-refractivity contribution < 1.29 is 9.53 Å². The maximum Gasteiger partial charge on any atom is 0.259 e. The number of para-hydroxylation sites is 3. The Balaban J connectivity index is 1.55. The largest absolute Gasteiger partial charge is 0.488 e. The lowest BCUT2D eigenvalue weighted by Crippen LogP contribution is -2.13. The zero-order chi connectivity index (χ0) is 18.5. The normalized spacial score (nSPS) is 10.5. The van der Waals surface area contributed by atoms with E-state index in [0.717, 1.165) is 22.2 Å². The van der Waals surface area contributed by atoms with E-state index in [2.05, 4.69) is 10.3 Å². The van der Waals surface area contributed by atoms with Gasteiger partial charge in [-0.1, -0.05) is 54.6 Å². The number of carbonyl (C=O) groups is 1.